The van der Waals surface area contributed by atoms with E-state index in [-0.39, 0.29) is 0 Å². The Morgan fingerprint density at radius 2 is 1.50 bits per heavy atom. The normalized spacial score (nSPS) is 22.2. The summed E-state index contributed by atoms with van der Waals surface area (Å²) >= 11 is 0. The summed E-state index contributed by atoms with van der Waals surface area (Å²) < 4.78 is 0. The van der Waals surface area contributed by atoms with E-state index < -0.39 is 0 Å². The number of nitrogens with zero attached hydrogens (tertiary/aromatic N) is 1. The van der Waals surface area contributed by atoms with Gasteiger partial charge in [-0.15, -0.1) is 0 Å². The minimum absolute atomic E-state index is 0.885. The van der Waals surface area contributed by atoms with Crippen LogP contribution in [-0.2, 0) is 0 Å². The van der Waals surface area contributed by atoms with E-state index in [2.05, 4.69) is 18.9 Å². The highest BCUT2D eigenvalue weighted by atomic mass is 15.1. The maximum Gasteiger partial charge on any atom is 0.00920 e. The maximum absolute atomic E-state index is 2.52. The van der Waals surface area contributed by atoms with Gasteiger partial charge in [0.2, 0.25) is 0 Å². The standard InChI is InChI=1S/C11H23N/c1-3-12(2)11-9-7-5-4-6-8-10-11/h11H,3-10H2,1-2H3. The van der Waals surface area contributed by atoms with Gasteiger partial charge in [-0.1, -0.05) is 39.0 Å². The van der Waals surface area contributed by atoms with Crippen molar-refractivity contribution >= 4 is 0 Å². The van der Waals surface area contributed by atoms with Gasteiger partial charge < -0.3 is 4.90 Å². The Hall–Kier alpha value is -0.0400. The predicted molar refractivity (Wildman–Crippen MR) is 54.4 cm³/mol. The first kappa shape index (κ1) is 10.0. The van der Waals surface area contributed by atoms with Gasteiger partial charge in [-0.2, -0.15) is 0 Å². The van der Waals surface area contributed by atoms with Gasteiger partial charge in [0, 0.05) is 6.04 Å². The fourth-order valence-electron chi connectivity index (χ4n) is 2.13. The molecule has 1 heteroatoms. The molecule has 0 radical (unpaired) electrons. The average Bonchev–Trinajstić information content (AvgIpc) is 2.02. The molecule has 0 amide bonds. The molecule has 0 atom stereocenters. The maximum atomic E-state index is 2.52. The lowest BCUT2D eigenvalue weighted by atomic mass is 9.96. The van der Waals surface area contributed by atoms with Crippen LogP contribution in [0.3, 0.4) is 0 Å². The third-order valence-electron chi connectivity index (χ3n) is 3.20. The molecule has 0 aromatic rings. The van der Waals surface area contributed by atoms with Gasteiger partial charge in [0.1, 0.15) is 0 Å². The first-order valence-electron chi connectivity index (χ1n) is 5.55. The molecule has 0 N–H and O–H groups in total. The zero-order valence-electron chi connectivity index (χ0n) is 8.68. The molecule has 0 unspecified atom stereocenters. The van der Waals surface area contributed by atoms with Gasteiger partial charge in [0.25, 0.3) is 0 Å². The van der Waals surface area contributed by atoms with Crippen LogP contribution in [-0.4, -0.2) is 24.5 Å². The minimum atomic E-state index is 0.885. The number of hydrogen-bond acceptors (Lipinski definition) is 1. The zero-order valence-corrected chi connectivity index (χ0v) is 8.68. The molecule has 1 rings (SSSR count). The van der Waals surface area contributed by atoms with E-state index in [1.165, 1.54) is 51.5 Å². The molecule has 0 aliphatic heterocycles. The summed E-state index contributed by atoms with van der Waals surface area (Å²) in [6.07, 6.45) is 10.2. The fraction of sp³-hybridized carbons (Fsp3) is 1.00. The van der Waals surface area contributed by atoms with Crippen molar-refractivity contribution in [1.82, 2.24) is 4.90 Å². The Morgan fingerprint density at radius 3 is 2.00 bits per heavy atom. The van der Waals surface area contributed by atoms with Crippen LogP contribution < -0.4 is 0 Å². The van der Waals surface area contributed by atoms with Crippen molar-refractivity contribution in [1.29, 1.82) is 0 Å². The molecule has 0 saturated heterocycles. The van der Waals surface area contributed by atoms with Gasteiger partial charge in [-0.25, -0.2) is 0 Å². The van der Waals surface area contributed by atoms with Crippen molar-refractivity contribution in [3.05, 3.63) is 0 Å². The van der Waals surface area contributed by atoms with Crippen LogP contribution in [0.15, 0.2) is 0 Å². The molecule has 0 spiro atoms. The summed E-state index contributed by atoms with van der Waals surface area (Å²) in [7, 11) is 2.27. The predicted octanol–water partition coefficient (Wildman–Crippen LogP) is 3.05. The first-order chi connectivity index (χ1) is 5.84. The second kappa shape index (κ2) is 5.58. The second-order valence-corrected chi connectivity index (χ2v) is 4.07. The van der Waals surface area contributed by atoms with Crippen LogP contribution >= 0.6 is 0 Å². The quantitative estimate of drug-likeness (QED) is 0.614. The van der Waals surface area contributed by atoms with Crippen LogP contribution in [0.1, 0.15) is 51.9 Å². The van der Waals surface area contributed by atoms with Crippen molar-refractivity contribution in [2.75, 3.05) is 13.6 Å². The Morgan fingerprint density at radius 1 is 1.00 bits per heavy atom. The molecule has 1 fully saturated rings. The van der Waals surface area contributed by atoms with Gasteiger partial charge in [-0.3, -0.25) is 0 Å². The zero-order chi connectivity index (χ0) is 8.81. The molecule has 72 valence electrons. The summed E-state index contributed by atoms with van der Waals surface area (Å²) in [4.78, 5) is 2.52. The molecule has 0 aromatic carbocycles. The molecule has 12 heavy (non-hydrogen) atoms. The summed E-state index contributed by atoms with van der Waals surface area (Å²) in [5.74, 6) is 0. The molecule has 0 aromatic heterocycles. The van der Waals surface area contributed by atoms with Gasteiger partial charge in [0.05, 0.1) is 0 Å². The van der Waals surface area contributed by atoms with Crippen molar-refractivity contribution in [2.45, 2.75) is 57.9 Å². The van der Waals surface area contributed by atoms with Crippen molar-refractivity contribution in [2.24, 2.45) is 0 Å². The lowest BCUT2D eigenvalue weighted by Crippen LogP contribution is -2.31. The molecule has 1 aliphatic carbocycles. The molecular weight excluding hydrogens is 146 g/mol. The highest BCUT2D eigenvalue weighted by Crippen LogP contribution is 2.20. The largest absolute Gasteiger partial charge is 0.304 e. The molecule has 0 heterocycles. The SMILES string of the molecule is CCN(C)C1CCCCCCC1. The van der Waals surface area contributed by atoms with Crippen LogP contribution in [0.2, 0.25) is 0 Å². The van der Waals surface area contributed by atoms with Crippen LogP contribution in [0, 0.1) is 0 Å². The minimum Gasteiger partial charge on any atom is -0.304 e. The molecule has 1 aliphatic rings. The van der Waals surface area contributed by atoms with Crippen LogP contribution in [0.25, 0.3) is 0 Å². The second-order valence-electron chi connectivity index (χ2n) is 4.07. The smallest absolute Gasteiger partial charge is 0.00920 e. The van der Waals surface area contributed by atoms with E-state index in [4.69, 9.17) is 0 Å². The van der Waals surface area contributed by atoms with Gasteiger partial charge >= 0.3 is 0 Å². The van der Waals surface area contributed by atoms with E-state index in [9.17, 15) is 0 Å². The van der Waals surface area contributed by atoms with Gasteiger partial charge in [-0.05, 0) is 26.4 Å². The fourth-order valence-corrected chi connectivity index (χ4v) is 2.13. The summed E-state index contributed by atoms with van der Waals surface area (Å²) in [6.45, 7) is 3.48. The van der Waals surface area contributed by atoms with E-state index in [1.807, 2.05) is 0 Å². The topological polar surface area (TPSA) is 3.24 Å². The van der Waals surface area contributed by atoms with Crippen molar-refractivity contribution < 1.29 is 0 Å². The lowest BCUT2D eigenvalue weighted by molar-refractivity contribution is 0.212. The average molecular weight is 169 g/mol. The molecular formula is C11H23N. The van der Waals surface area contributed by atoms with E-state index >= 15 is 0 Å². The Kier molecular flexibility index (Phi) is 4.67. The van der Waals surface area contributed by atoms with E-state index in [0.29, 0.717) is 0 Å². The third-order valence-corrected chi connectivity index (χ3v) is 3.20. The number of rotatable bonds is 2. The van der Waals surface area contributed by atoms with Gasteiger partial charge in [0.15, 0.2) is 0 Å². The summed E-state index contributed by atoms with van der Waals surface area (Å²) in [5.41, 5.74) is 0. The summed E-state index contributed by atoms with van der Waals surface area (Å²) in [5, 5.41) is 0. The van der Waals surface area contributed by atoms with E-state index in [1.54, 1.807) is 0 Å². The third kappa shape index (κ3) is 3.14. The molecule has 1 nitrogen and oxygen atoms in total. The van der Waals surface area contributed by atoms with Crippen LogP contribution in [0.4, 0.5) is 0 Å². The van der Waals surface area contributed by atoms with E-state index in [0.717, 1.165) is 6.04 Å². The molecule has 1 saturated carbocycles. The summed E-state index contributed by atoms with van der Waals surface area (Å²) in [6, 6.07) is 0.885. The number of hydrogen-bond donors (Lipinski definition) is 0. The highest BCUT2D eigenvalue weighted by Gasteiger charge is 2.13. The lowest BCUT2D eigenvalue weighted by Gasteiger charge is -2.28. The van der Waals surface area contributed by atoms with Crippen LogP contribution in [0.5, 0.6) is 0 Å². The Labute approximate surface area is 77.1 Å². The molecule has 0 bridgehead atoms. The van der Waals surface area contributed by atoms with Crippen molar-refractivity contribution in [3.63, 3.8) is 0 Å². The first-order valence-corrected chi connectivity index (χ1v) is 5.55. The Bertz CT molecular complexity index is 104. The monoisotopic (exact) mass is 169 g/mol. The highest BCUT2D eigenvalue weighted by molar-refractivity contribution is 4.70. The van der Waals surface area contributed by atoms with Crippen molar-refractivity contribution in [3.8, 4) is 0 Å². The Balaban J connectivity index is 2.29.